The topological polar surface area (TPSA) is 289 Å². The first-order valence-electron chi connectivity index (χ1n) is 27.8. The van der Waals surface area contributed by atoms with Crippen molar-refractivity contribution in [3.63, 3.8) is 0 Å². The minimum Gasteiger partial charge on any atom is -0.467 e. The molecule has 1 atom stereocenters. The second kappa shape index (κ2) is 25.3. The molecule has 7 N–H and O–H groups in total. The van der Waals surface area contributed by atoms with Crippen LogP contribution in [0, 0.1) is 0 Å². The number of nitrogens with zero attached hydrogens (tertiary/aromatic N) is 5. The number of aromatic nitrogens is 4. The van der Waals surface area contributed by atoms with Gasteiger partial charge in [-0.2, -0.15) is 26.4 Å². The summed E-state index contributed by atoms with van der Waals surface area (Å²) in [5, 5.41) is 6.03. The van der Waals surface area contributed by atoms with Crippen molar-refractivity contribution in [2.75, 3.05) is 47.7 Å². The highest BCUT2D eigenvalue weighted by atomic mass is 32.2. The van der Waals surface area contributed by atoms with Gasteiger partial charge in [-0.3, -0.25) is 23.7 Å². The van der Waals surface area contributed by atoms with Crippen molar-refractivity contribution < 1.29 is 49.6 Å². The Balaban J connectivity index is 0.981. The number of rotatable bonds is 23. The molecule has 1 amide bonds. The van der Waals surface area contributed by atoms with Gasteiger partial charge in [0, 0.05) is 65.1 Å². The second-order valence-corrected chi connectivity index (χ2v) is 25.3. The lowest BCUT2D eigenvalue weighted by atomic mass is 9.81. The molecule has 0 spiro atoms. The molecule has 20 nitrogen and oxygen atoms in total. The van der Waals surface area contributed by atoms with E-state index in [0.717, 1.165) is 57.0 Å². The van der Waals surface area contributed by atoms with Gasteiger partial charge in [-0.1, -0.05) is 68.5 Å². The molecule has 4 heterocycles. The van der Waals surface area contributed by atoms with E-state index >= 15 is 0 Å². The molecule has 2 aliphatic heterocycles. The normalized spacial score (nSPS) is 17.0. The van der Waals surface area contributed by atoms with Crippen molar-refractivity contribution in [1.82, 2.24) is 25.3 Å². The molecule has 6 aromatic rings. The molecular weight excluding hydrogens is 1110 g/mol. The van der Waals surface area contributed by atoms with Crippen LogP contribution in [-0.4, -0.2) is 106 Å². The number of unbranched alkanes of at least 4 members (excludes halogenated alkanes) is 2. The van der Waals surface area contributed by atoms with Crippen molar-refractivity contribution in [2.24, 2.45) is 0 Å². The number of anilines is 3. The number of allylic oxidation sites excluding steroid dienone is 7. The molecule has 22 heteroatoms. The van der Waals surface area contributed by atoms with E-state index in [1.807, 2.05) is 48.5 Å². The Morgan fingerprint density at radius 3 is 2.24 bits per heavy atom. The lowest BCUT2D eigenvalue weighted by Crippen LogP contribution is -2.43. The van der Waals surface area contributed by atoms with Crippen LogP contribution in [-0.2, 0) is 53.6 Å². The average Bonchev–Trinajstić information content (AvgIpc) is 1.94. The predicted molar refractivity (Wildman–Crippen MR) is 324 cm³/mol. The Hall–Kier alpha value is -8.31. The van der Waals surface area contributed by atoms with Crippen LogP contribution in [0.5, 0.6) is 5.75 Å². The van der Waals surface area contributed by atoms with Gasteiger partial charge in [0.1, 0.15) is 24.1 Å². The Morgan fingerprint density at radius 1 is 0.833 bits per heavy atom. The third kappa shape index (κ3) is 14.2. The van der Waals surface area contributed by atoms with Crippen LogP contribution in [0.25, 0.3) is 11.2 Å². The fraction of sp³-hybridized carbons (Fsp3) is 0.339. The van der Waals surface area contributed by atoms with Gasteiger partial charge in [0.2, 0.25) is 11.6 Å². The number of nitrogens with two attached hydrogens (primary N) is 1. The molecule has 2 aromatic heterocycles. The molecule has 0 unspecified atom stereocenters. The van der Waals surface area contributed by atoms with Crippen molar-refractivity contribution in [1.29, 1.82) is 0 Å². The summed E-state index contributed by atoms with van der Waals surface area (Å²) >= 11 is 0. The van der Waals surface area contributed by atoms with Crippen LogP contribution in [0.1, 0.15) is 105 Å². The summed E-state index contributed by atoms with van der Waals surface area (Å²) in [5.41, 5.74) is 14.9. The molecule has 4 aromatic carbocycles. The van der Waals surface area contributed by atoms with Gasteiger partial charge in [0.15, 0.2) is 16.9 Å². The number of hydrogen-bond donors (Lipinski definition) is 6. The summed E-state index contributed by atoms with van der Waals surface area (Å²) in [6.45, 7) is 9.98. The Morgan fingerprint density at radius 2 is 1.52 bits per heavy atom. The standard InChI is InChI=1S/C62H69N9O11S2/c1-61(2)47-17-6-8-19-50(47)70(33-10-12-35-83(75,76)77)52(61)31-25-41-15-14-16-42(26-32-53-62(3,4)48-18-7-9-20-51(48)71(53)34-11-13-36-84(78,79)80)55(41)82-46-29-21-40(22-30-46)37-49(59(74)81-5)67-57(72)43-23-27-44(28-24-43)64-38-45-39-65-56-54(66-45)58(73)69-60(63)68-56/h6-9,17-32,39,49H,10-16,33-38H2,1-5H3,(H6-,63,64,65,67,68,69,72,73,75,76,77,78,79,80)/p+1/t49-/m0/s1. The summed E-state index contributed by atoms with van der Waals surface area (Å²) in [5.74, 6) is -0.610. The van der Waals surface area contributed by atoms with Crippen LogP contribution in [0.4, 0.5) is 23.0 Å². The number of fused-ring (bicyclic) bond motifs is 3. The van der Waals surface area contributed by atoms with Gasteiger partial charge in [-0.25, -0.2) is 14.8 Å². The van der Waals surface area contributed by atoms with Crippen LogP contribution in [0.3, 0.4) is 0 Å². The highest BCUT2D eigenvalue weighted by Crippen LogP contribution is 2.48. The summed E-state index contributed by atoms with van der Waals surface area (Å²) in [7, 11) is -6.96. The maximum Gasteiger partial charge on any atom is 0.328 e. The van der Waals surface area contributed by atoms with Crippen molar-refractivity contribution in [3.05, 3.63) is 188 Å². The van der Waals surface area contributed by atoms with Crippen molar-refractivity contribution >= 4 is 72.0 Å². The number of aromatic amines is 1. The van der Waals surface area contributed by atoms with E-state index in [-0.39, 0.29) is 41.6 Å². The van der Waals surface area contributed by atoms with Gasteiger partial charge in [-0.15, -0.1) is 0 Å². The molecule has 0 saturated carbocycles. The van der Waals surface area contributed by atoms with Crippen molar-refractivity contribution in [3.8, 4) is 5.75 Å². The molecule has 0 bridgehead atoms. The quantitative estimate of drug-likeness (QED) is 0.0151. The van der Waals surface area contributed by atoms with E-state index in [1.165, 1.54) is 13.3 Å². The third-order valence-electron chi connectivity index (χ3n) is 15.5. The largest absolute Gasteiger partial charge is 0.467 e. The van der Waals surface area contributed by atoms with Gasteiger partial charge in [0.25, 0.3) is 31.7 Å². The van der Waals surface area contributed by atoms with Crippen LogP contribution >= 0.6 is 0 Å². The number of amides is 1. The SMILES string of the molecule is COC(=O)[C@H](Cc1ccc(OC2=C(C=CC3=[N+](CCCCS(=O)(=O)O)c4ccccc4C3(C)C)CCCC2=CC=C2N(CCCCS(=O)(=O)O)c3ccccc3C2(C)C)cc1)NC(=O)c1ccc(NCc2cnc3nc(N)[nH]c(=O)c3n2)cc1. The van der Waals surface area contributed by atoms with E-state index < -0.39 is 54.5 Å². The number of methoxy groups -OCH3 is 1. The maximum absolute atomic E-state index is 13.6. The monoisotopic (exact) mass is 1180 g/mol. The minimum absolute atomic E-state index is 0.0567. The third-order valence-corrected chi connectivity index (χ3v) is 17.1. The van der Waals surface area contributed by atoms with Crippen LogP contribution in [0.2, 0.25) is 0 Å². The van der Waals surface area contributed by atoms with Crippen LogP contribution in [0.15, 0.2) is 155 Å². The van der Waals surface area contributed by atoms with E-state index in [1.54, 1.807) is 24.3 Å². The first kappa shape index (κ1) is 60.3. The lowest BCUT2D eigenvalue weighted by Gasteiger charge is -2.27. The second-order valence-electron chi connectivity index (χ2n) is 22.2. The molecule has 0 saturated heterocycles. The molecule has 1 aliphatic carbocycles. The molecule has 9 rings (SSSR count). The zero-order valence-corrected chi connectivity index (χ0v) is 49.2. The summed E-state index contributed by atoms with van der Waals surface area (Å²) in [4.78, 5) is 56.4. The van der Waals surface area contributed by atoms with Crippen LogP contribution < -0.4 is 31.6 Å². The van der Waals surface area contributed by atoms with E-state index in [9.17, 15) is 40.3 Å². The Bertz CT molecular complexity index is 3950. The van der Waals surface area contributed by atoms with E-state index in [0.29, 0.717) is 80.1 Å². The highest BCUT2D eigenvalue weighted by molar-refractivity contribution is 7.86. The zero-order chi connectivity index (χ0) is 60.0. The Kier molecular flexibility index (Phi) is 18.1. The zero-order valence-electron chi connectivity index (χ0n) is 47.6. The van der Waals surface area contributed by atoms with Gasteiger partial charge >= 0.3 is 5.97 Å². The number of nitrogen functional groups attached to an aromatic ring is 1. The lowest BCUT2D eigenvalue weighted by molar-refractivity contribution is -0.438. The first-order valence-corrected chi connectivity index (χ1v) is 31.1. The molecule has 84 heavy (non-hydrogen) atoms. The van der Waals surface area contributed by atoms with Crippen molar-refractivity contribution in [2.45, 2.75) is 102 Å². The summed E-state index contributed by atoms with van der Waals surface area (Å²) in [6, 6.07) is 29.3. The average molecular weight is 1180 g/mol. The van der Waals surface area contributed by atoms with Gasteiger partial charge < -0.3 is 30.7 Å². The number of hydrogen-bond acceptors (Lipinski definition) is 15. The number of carbonyl (C=O) groups excluding carboxylic acids is 2. The first-order chi connectivity index (χ1) is 40.0. The summed E-state index contributed by atoms with van der Waals surface area (Å²) in [6.07, 6.45) is 14.0. The minimum atomic E-state index is -4.11. The summed E-state index contributed by atoms with van der Waals surface area (Å²) < 4.78 is 79.9. The van der Waals surface area contributed by atoms with E-state index in [4.69, 9.17) is 15.2 Å². The molecule has 0 radical (unpaired) electrons. The smallest absolute Gasteiger partial charge is 0.328 e. The molecular formula is C62H70N9O11S2+. The number of nitrogens with one attached hydrogen (secondary N) is 3. The number of esters is 1. The number of H-pyrrole nitrogens is 1. The number of para-hydroxylation sites is 2. The molecule has 3 aliphatic rings. The van der Waals surface area contributed by atoms with E-state index in [2.05, 4.69) is 116 Å². The fourth-order valence-electron chi connectivity index (χ4n) is 11.2. The number of ether oxygens (including phenoxy) is 2. The maximum atomic E-state index is 13.6. The number of carbonyl (C=O) groups is 2. The Labute approximate surface area is 488 Å². The predicted octanol–water partition coefficient (Wildman–Crippen LogP) is 8.82. The van der Waals surface area contributed by atoms with Gasteiger partial charge in [0.05, 0.1) is 42.5 Å². The van der Waals surface area contributed by atoms with Gasteiger partial charge in [-0.05, 0) is 129 Å². The number of benzene rings is 4. The molecule has 0 fully saturated rings. The molecule has 440 valence electrons. The fourth-order valence-corrected chi connectivity index (χ4v) is 12.3. The highest BCUT2D eigenvalue weighted by Gasteiger charge is 2.44.